The van der Waals surface area contributed by atoms with Crippen LogP contribution in [0, 0.1) is 6.92 Å². The molecule has 0 aliphatic carbocycles. The van der Waals surface area contributed by atoms with E-state index in [1.165, 1.54) is 5.56 Å². The normalized spacial score (nSPS) is 10.9. The van der Waals surface area contributed by atoms with Gasteiger partial charge in [0, 0.05) is 16.8 Å². The first-order valence-electron chi connectivity index (χ1n) is 8.89. The number of benzene rings is 2. The molecule has 0 spiro atoms. The van der Waals surface area contributed by atoms with Gasteiger partial charge in [0.1, 0.15) is 5.69 Å². The summed E-state index contributed by atoms with van der Waals surface area (Å²) in [5.74, 6) is 0.128. The average Bonchev–Trinajstić information content (AvgIpc) is 3.32. The standard InChI is InChI=1S/C21H17BrClN5O/c1-13-2-4-14(5-3-13)11-28-12-17(22)20(27-28)24-21(29)19-10-18(25-26-19)15-6-8-16(23)9-7-15/h2-10,12H,11H2,1H3,(H,25,26)(H,24,27,29). The minimum absolute atomic E-state index is 0.320. The van der Waals surface area contributed by atoms with E-state index in [-0.39, 0.29) is 5.91 Å². The monoisotopic (exact) mass is 469 g/mol. The topological polar surface area (TPSA) is 75.6 Å². The van der Waals surface area contributed by atoms with Crippen molar-refractivity contribution < 1.29 is 4.79 Å². The van der Waals surface area contributed by atoms with Crippen LogP contribution in [0.5, 0.6) is 0 Å². The Kier molecular flexibility index (Phi) is 5.51. The molecule has 0 bridgehead atoms. The second-order valence-electron chi connectivity index (χ2n) is 6.64. The molecule has 2 aromatic heterocycles. The Morgan fingerprint density at radius 2 is 1.90 bits per heavy atom. The van der Waals surface area contributed by atoms with Crippen LogP contribution in [-0.2, 0) is 6.54 Å². The van der Waals surface area contributed by atoms with Crippen LogP contribution in [0.25, 0.3) is 11.3 Å². The van der Waals surface area contributed by atoms with E-state index in [0.29, 0.717) is 33.2 Å². The molecule has 4 aromatic rings. The molecule has 0 radical (unpaired) electrons. The van der Waals surface area contributed by atoms with Gasteiger partial charge in [0.2, 0.25) is 0 Å². The molecule has 2 heterocycles. The molecule has 1 amide bonds. The molecule has 146 valence electrons. The SMILES string of the molecule is Cc1ccc(Cn2cc(Br)c(NC(=O)c3cc(-c4ccc(Cl)cc4)n[nH]3)n2)cc1. The number of hydrogen-bond acceptors (Lipinski definition) is 3. The first kappa shape index (κ1) is 19.4. The summed E-state index contributed by atoms with van der Waals surface area (Å²) in [7, 11) is 0. The third-order valence-corrected chi connectivity index (χ3v) is 5.21. The molecule has 0 saturated carbocycles. The van der Waals surface area contributed by atoms with Gasteiger partial charge in [-0.2, -0.15) is 10.2 Å². The second-order valence-corrected chi connectivity index (χ2v) is 7.93. The van der Waals surface area contributed by atoms with Crippen molar-refractivity contribution in [1.29, 1.82) is 0 Å². The molecular formula is C21H17BrClN5O. The minimum Gasteiger partial charge on any atom is -0.303 e. The Labute approximate surface area is 181 Å². The van der Waals surface area contributed by atoms with E-state index in [1.54, 1.807) is 22.9 Å². The predicted octanol–water partition coefficient (Wildman–Crippen LogP) is 5.30. The summed E-state index contributed by atoms with van der Waals surface area (Å²) in [5.41, 5.74) is 4.21. The lowest BCUT2D eigenvalue weighted by molar-refractivity contribution is 0.102. The van der Waals surface area contributed by atoms with Crippen LogP contribution in [0.2, 0.25) is 5.02 Å². The summed E-state index contributed by atoms with van der Waals surface area (Å²) < 4.78 is 2.48. The van der Waals surface area contributed by atoms with Crippen molar-refractivity contribution in [2.75, 3.05) is 5.32 Å². The summed E-state index contributed by atoms with van der Waals surface area (Å²) >= 11 is 9.37. The molecule has 0 aliphatic rings. The highest BCUT2D eigenvalue weighted by Crippen LogP contribution is 2.23. The zero-order valence-electron chi connectivity index (χ0n) is 15.5. The number of carbonyl (C=O) groups excluding carboxylic acids is 1. The van der Waals surface area contributed by atoms with Crippen LogP contribution in [0.3, 0.4) is 0 Å². The van der Waals surface area contributed by atoms with Crippen LogP contribution in [-0.4, -0.2) is 25.9 Å². The molecule has 4 rings (SSSR count). The molecule has 0 atom stereocenters. The van der Waals surface area contributed by atoms with Crippen LogP contribution in [0.1, 0.15) is 21.6 Å². The molecule has 8 heteroatoms. The van der Waals surface area contributed by atoms with Gasteiger partial charge in [-0.25, -0.2) is 0 Å². The fraction of sp³-hybridized carbons (Fsp3) is 0.0952. The van der Waals surface area contributed by atoms with Gasteiger partial charge >= 0.3 is 0 Å². The van der Waals surface area contributed by atoms with Gasteiger partial charge in [-0.05, 0) is 46.6 Å². The predicted molar refractivity (Wildman–Crippen MR) is 117 cm³/mol. The number of carbonyl (C=O) groups is 1. The molecule has 2 N–H and O–H groups in total. The number of aromatic amines is 1. The smallest absolute Gasteiger partial charge is 0.274 e. The molecule has 0 fully saturated rings. The van der Waals surface area contributed by atoms with Crippen LogP contribution >= 0.6 is 27.5 Å². The Morgan fingerprint density at radius 3 is 2.62 bits per heavy atom. The highest BCUT2D eigenvalue weighted by molar-refractivity contribution is 9.10. The fourth-order valence-corrected chi connectivity index (χ4v) is 3.37. The summed E-state index contributed by atoms with van der Waals surface area (Å²) in [6, 6.07) is 17.2. The van der Waals surface area contributed by atoms with Gasteiger partial charge in [-0.3, -0.25) is 14.6 Å². The van der Waals surface area contributed by atoms with E-state index in [2.05, 4.69) is 67.7 Å². The number of anilines is 1. The van der Waals surface area contributed by atoms with Crippen LogP contribution < -0.4 is 5.32 Å². The van der Waals surface area contributed by atoms with E-state index in [0.717, 1.165) is 11.1 Å². The number of halogens is 2. The van der Waals surface area contributed by atoms with E-state index < -0.39 is 0 Å². The third-order valence-electron chi connectivity index (χ3n) is 4.38. The number of rotatable bonds is 5. The number of aryl methyl sites for hydroxylation is 1. The average molecular weight is 471 g/mol. The molecular weight excluding hydrogens is 454 g/mol. The first-order valence-corrected chi connectivity index (χ1v) is 10.1. The molecule has 2 aromatic carbocycles. The Balaban J connectivity index is 1.46. The van der Waals surface area contributed by atoms with Crippen molar-refractivity contribution in [2.24, 2.45) is 0 Å². The van der Waals surface area contributed by atoms with Crippen molar-refractivity contribution in [3.8, 4) is 11.3 Å². The van der Waals surface area contributed by atoms with Crippen LogP contribution in [0.15, 0.2) is 65.3 Å². The Morgan fingerprint density at radius 1 is 1.17 bits per heavy atom. The Bertz CT molecular complexity index is 1150. The summed E-state index contributed by atoms with van der Waals surface area (Å²) in [6.45, 7) is 2.66. The first-order chi connectivity index (χ1) is 14.0. The zero-order chi connectivity index (χ0) is 20.4. The van der Waals surface area contributed by atoms with Gasteiger partial charge in [-0.15, -0.1) is 0 Å². The number of amides is 1. The number of aromatic nitrogens is 4. The summed E-state index contributed by atoms with van der Waals surface area (Å²) in [4.78, 5) is 12.6. The van der Waals surface area contributed by atoms with Crippen molar-refractivity contribution in [3.63, 3.8) is 0 Å². The summed E-state index contributed by atoms with van der Waals surface area (Å²) in [5, 5.41) is 14.9. The maximum absolute atomic E-state index is 12.6. The zero-order valence-corrected chi connectivity index (χ0v) is 17.8. The minimum atomic E-state index is -0.320. The fourth-order valence-electron chi connectivity index (χ4n) is 2.82. The van der Waals surface area contributed by atoms with E-state index in [4.69, 9.17) is 11.6 Å². The van der Waals surface area contributed by atoms with Gasteiger partial charge in [0.05, 0.1) is 16.7 Å². The lowest BCUT2D eigenvalue weighted by Crippen LogP contribution is -2.13. The van der Waals surface area contributed by atoms with Gasteiger partial charge in [0.15, 0.2) is 5.82 Å². The highest BCUT2D eigenvalue weighted by atomic mass is 79.9. The van der Waals surface area contributed by atoms with Gasteiger partial charge in [-0.1, -0.05) is 53.6 Å². The summed E-state index contributed by atoms with van der Waals surface area (Å²) in [6.07, 6.45) is 1.83. The highest BCUT2D eigenvalue weighted by Gasteiger charge is 2.15. The molecule has 6 nitrogen and oxygen atoms in total. The van der Waals surface area contributed by atoms with Crippen molar-refractivity contribution in [3.05, 3.63) is 87.1 Å². The van der Waals surface area contributed by atoms with Gasteiger partial charge < -0.3 is 5.32 Å². The largest absolute Gasteiger partial charge is 0.303 e. The Hall–Kier alpha value is -2.90. The van der Waals surface area contributed by atoms with E-state index in [1.807, 2.05) is 18.3 Å². The molecule has 0 aliphatic heterocycles. The maximum Gasteiger partial charge on any atom is 0.274 e. The molecule has 0 saturated heterocycles. The van der Waals surface area contributed by atoms with E-state index >= 15 is 0 Å². The van der Waals surface area contributed by atoms with Crippen molar-refractivity contribution in [2.45, 2.75) is 13.5 Å². The number of nitrogens with one attached hydrogen (secondary N) is 2. The van der Waals surface area contributed by atoms with E-state index in [9.17, 15) is 4.79 Å². The molecule has 29 heavy (non-hydrogen) atoms. The lowest BCUT2D eigenvalue weighted by Gasteiger charge is -2.03. The number of hydrogen-bond donors (Lipinski definition) is 2. The molecule has 0 unspecified atom stereocenters. The third kappa shape index (κ3) is 4.58. The van der Waals surface area contributed by atoms with Crippen molar-refractivity contribution >= 4 is 39.3 Å². The lowest BCUT2D eigenvalue weighted by atomic mass is 10.1. The maximum atomic E-state index is 12.6. The van der Waals surface area contributed by atoms with Crippen LogP contribution in [0.4, 0.5) is 5.82 Å². The second kappa shape index (κ2) is 8.23. The van der Waals surface area contributed by atoms with Gasteiger partial charge in [0.25, 0.3) is 5.91 Å². The number of nitrogens with zero attached hydrogens (tertiary/aromatic N) is 3. The quantitative estimate of drug-likeness (QED) is 0.416. The van der Waals surface area contributed by atoms with Crippen molar-refractivity contribution in [1.82, 2.24) is 20.0 Å². The number of H-pyrrole nitrogens is 1.